The lowest BCUT2D eigenvalue weighted by Crippen LogP contribution is -2.54. The highest BCUT2D eigenvalue weighted by molar-refractivity contribution is 5.81. The Labute approximate surface area is 237 Å². The number of phenolic OH excluding ortho intramolecular Hbond substituents is 1. The van der Waals surface area contributed by atoms with Crippen molar-refractivity contribution in [1.82, 2.24) is 0 Å². The van der Waals surface area contributed by atoms with E-state index in [0.29, 0.717) is 35.2 Å². The fourth-order valence-corrected chi connectivity index (χ4v) is 6.66. The normalized spacial score (nSPS) is 23.4. The van der Waals surface area contributed by atoms with Crippen molar-refractivity contribution in [3.63, 3.8) is 0 Å². The summed E-state index contributed by atoms with van der Waals surface area (Å²) < 4.78 is 10.4. The second-order valence-electron chi connectivity index (χ2n) is 12.4. The monoisotopic (exact) mass is 545 g/mol. The summed E-state index contributed by atoms with van der Waals surface area (Å²) in [5, 5.41) is 10.4. The van der Waals surface area contributed by atoms with Crippen molar-refractivity contribution < 1.29 is 19.1 Å². The Morgan fingerprint density at radius 3 is 2.58 bits per heavy atom. The molecule has 3 unspecified atom stereocenters. The second kappa shape index (κ2) is 11.5. The fraction of sp³-hybridized carbons (Fsp3) is 0.471. The number of ether oxygens (including phenoxy) is 1. The van der Waals surface area contributed by atoms with Crippen molar-refractivity contribution in [1.29, 1.82) is 0 Å². The minimum atomic E-state index is -0.427. The van der Waals surface area contributed by atoms with Crippen LogP contribution >= 0.6 is 0 Å². The molecule has 1 aromatic heterocycles. The van der Waals surface area contributed by atoms with Gasteiger partial charge in [0.15, 0.2) is 11.5 Å². The van der Waals surface area contributed by atoms with E-state index in [1.165, 1.54) is 41.3 Å². The summed E-state index contributed by atoms with van der Waals surface area (Å²) in [6.45, 7) is 13.2. The Hall–Kier alpha value is -3.54. The van der Waals surface area contributed by atoms with Gasteiger partial charge in [-0.25, -0.2) is 4.79 Å². The molecule has 3 aromatic rings. The van der Waals surface area contributed by atoms with Crippen LogP contribution in [0.3, 0.4) is 0 Å². The topological polar surface area (TPSA) is 103 Å². The summed E-state index contributed by atoms with van der Waals surface area (Å²) in [5.74, 6) is 1.17. The van der Waals surface area contributed by atoms with Crippen LogP contribution < -0.4 is 16.1 Å². The molecule has 1 fully saturated rings. The fourth-order valence-electron chi connectivity index (χ4n) is 6.66. The quantitative estimate of drug-likeness (QED) is 0.262. The lowest BCUT2D eigenvalue weighted by molar-refractivity contribution is -0.135. The molecule has 0 aliphatic heterocycles. The van der Waals surface area contributed by atoms with Crippen LogP contribution in [0.4, 0.5) is 0 Å². The lowest BCUT2D eigenvalue weighted by Gasteiger charge is -2.54. The summed E-state index contributed by atoms with van der Waals surface area (Å²) in [4.78, 5) is 23.3. The van der Waals surface area contributed by atoms with Crippen molar-refractivity contribution >= 4 is 16.9 Å². The maximum atomic E-state index is 12.2. The van der Waals surface area contributed by atoms with Crippen LogP contribution in [0.2, 0.25) is 0 Å². The van der Waals surface area contributed by atoms with Crippen LogP contribution in [0.25, 0.3) is 11.0 Å². The zero-order valence-electron chi connectivity index (χ0n) is 24.7. The third-order valence-corrected chi connectivity index (χ3v) is 9.04. The van der Waals surface area contributed by atoms with Crippen molar-refractivity contribution in [3.05, 3.63) is 81.2 Å². The summed E-state index contributed by atoms with van der Waals surface area (Å²) >= 11 is 0. The van der Waals surface area contributed by atoms with E-state index in [9.17, 15) is 14.7 Å². The van der Waals surface area contributed by atoms with Crippen LogP contribution in [0, 0.1) is 11.3 Å². The molecule has 1 heterocycles. The minimum Gasteiger partial charge on any atom is -0.504 e. The number of primary amides is 1. The van der Waals surface area contributed by atoms with Crippen LogP contribution in [0.1, 0.15) is 89.8 Å². The van der Waals surface area contributed by atoms with E-state index in [0.717, 1.165) is 31.3 Å². The molecule has 2 aliphatic carbocycles. The Kier molecular flexibility index (Phi) is 8.48. The molecule has 0 bridgehead atoms. The molecule has 6 heteroatoms. The highest BCUT2D eigenvalue weighted by Gasteiger charge is 2.54. The van der Waals surface area contributed by atoms with E-state index >= 15 is 0 Å². The highest BCUT2D eigenvalue weighted by Crippen LogP contribution is 2.57. The van der Waals surface area contributed by atoms with Gasteiger partial charge in [0, 0.05) is 22.9 Å². The van der Waals surface area contributed by atoms with Crippen LogP contribution in [-0.4, -0.2) is 17.6 Å². The molecular formula is C34H43NO5. The number of phenols is 1. The number of hydrogen-bond acceptors (Lipinski definition) is 5. The first-order valence-corrected chi connectivity index (χ1v) is 14.3. The number of rotatable bonds is 5. The molecule has 1 amide bonds. The molecule has 1 saturated carbocycles. The van der Waals surface area contributed by atoms with Gasteiger partial charge in [-0.3, -0.25) is 4.79 Å². The van der Waals surface area contributed by atoms with Crippen molar-refractivity contribution in [2.45, 2.75) is 85.0 Å². The number of hydrogen-bond donors (Lipinski definition) is 2. The van der Waals surface area contributed by atoms with Gasteiger partial charge in [0.05, 0.1) is 0 Å². The zero-order chi connectivity index (χ0) is 29.2. The molecule has 214 valence electrons. The molecule has 40 heavy (non-hydrogen) atoms. The van der Waals surface area contributed by atoms with E-state index in [-0.39, 0.29) is 22.5 Å². The van der Waals surface area contributed by atoms with Gasteiger partial charge in [-0.05, 0) is 91.7 Å². The minimum absolute atomic E-state index is 0.0264. The summed E-state index contributed by atoms with van der Waals surface area (Å²) in [5.41, 5.74) is 11.1. The second-order valence-corrected chi connectivity index (χ2v) is 12.4. The molecule has 2 aromatic carbocycles. The summed E-state index contributed by atoms with van der Waals surface area (Å²) in [6, 6.07) is 13.0. The third kappa shape index (κ3) is 5.81. The molecule has 0 radical (unpaired) electrons. The van der Waals surface area contributed by atoms with E-state index < -0.39 is 5.63 Å². The number of carbonyl (C=O) groups excluding carboxylic acids is 1. The van der Waals surface area contributed by atoms with Crippen LogP contribution in [0.5, 0.6) is 11.5 Å². The number of benzene rings is 2. The number of fused-ring (bicyclic) bond motifs is 4. The first-order chi connectivity index (χ1) is 18.8. The first-order valence-electron chi connectivity index (χ1n) is 14.3. The van der Waals surface area contributed by atoms with Gasteiger partial charge in [-0.15, -0.1) is 0 Å². The Morgan fingerprint density at radius 1 is 1.15 bits per heavy atom. The smallest absolute Gasteiger partial charge is 0.336 e. The highest BCUT2D eigenvalue weighted by atomic mass is 16.5. The molecule has 0 saturated heterocycles. The lowest BCUT2D eigenvalue weighted by atomic mass is 9.49. The van der Waals surface area contributed by atoms with Crippen molar-refractivity contribution in [2.75, 3.05) is 6.61 Å². The largest absolute Gasteiger partial charge is 0.504 e. The maximum Gasteiger partial charge on any atom is 0.336 e. The first kappa shape index (κ1) is 29.4. The van der Waals surface area contributed by atoms with E-state index in [1.807, 2.05) is 19.9 Å². The van der Waals surface area contributed by atoms with Crippen LogP contribution in [0.15, 0.2) is 63.3 Å². The molecule has 3 N–H and O–H groups in total. The summed E-state index contributed by atoms with van der Waals surface area (Å²) in [6.07, 6.45) is 7.28. The number of amides is 1. The van der Waals surface area contributed by atoms with Crippen molar-refractivity contribution in [2.24, 2.45) is 17.1 Å². The number of aryl methyl sites for hydroxylation is 1. The van der Waals surface area contributed by atoms with E-state index in [2.05, 4.69) is 45.9 Å². The number of nitrogens with two attached hydrogens (primary N) is 1. The number of aromatic hydroxyl groups is 1. The molecule has 6 nitrogen and oxygen atoms in total. The van der Waals surface area contributed by atoms with Gasteiger partial charge >= 0.3 is 5.63 Å². The molecule has 3 atom stereocenters. The molecule has 0 spiro atoms. The maximum absolute atomic E-state index is 12.2. The third-order valence-electron chi connectivity index (χ3n) is 9.04. The van der Waals surface area contributed by atoms with E-state index in [4.69, 9.17) is 14.9 Å². The molecule has 5 rings (SSSR count). The van der Waals surface area contributed by atoms with E-state index in [1.54, 1.807) is 6.07 Å². The standard InChI is InChI=1S/C20H29NO.C14H14O4/c1-13(2)14-6-8-16-15(12-14)7-9-17-19(16,3)10-5-11-20(17,4)18(21)22;1-9(2)5-6-17-13-8-12-10(7-11(13)15)3-4-14(16)18-12/h6,8,12-13,17H,5,7,9-11H2,1-4H3,(H2,21,22);3-5,7-8,15H,6H2,1-2H3. The summed E-state index contributed by atoms with van der Waals surface area (Å²) in [7, 11) is 0. The predicted molar refractivity (Wildman–Crippen MR) is 160 cm³/mol. The van der Waals surface area contributed by atoms with Gasteiger partial charge in [-0.1, -0.05) is 57.9 Å². The zero-order valence-corrected chi connectivity index (χ0v) is 24.7. The van der Waals surface area contributed by atoms with Gasteiger partial charge < -0.3 is 20.0 Å². The molecule has 2 aliphatic rings. The average molecular weight is 546 g/mol. The van der Waals surface area contributed by atoms with Gasteiger partial charge in [0.2, 0.25) is 5.91 Å². The molecular weight excluding hydrogens is 502 g/mol. The van der Waals surface area contributed by atoms with Crippen LogP contribution in [-0.2, 0) is 16.6 Å². The Morgan fingerprint density at radius 2 is 1.90 bits per heavy atom. The van der Waals surface area contributed by atoms with Gasteiger partial charge in [0.25, 0.3) is 0 Å². The van der Waals surface area contributed by atoms with Gasteiger partial charge in [0.1, 0.15) is 12.2 Å². The average Bonchev–Trinajstić information content (AvgIpc) is 2.89. The number of carbonyl (C=O) groups is 1. The predicted octanol–water partition coefficient (Wildman–Crippen LogP) is 7.15. The van der Waals surface area contributed by atoms with Gasteiger partial charge in [-0.2, -0.15) is 0 Å². The Bertz CT molecular complexity index is 1480. The Balaban J connectivity index is 0.000000189. The number of allylic oxidation sites excluding steroid dienone is 1. The van der Waals surface area contributed by atoms with Crippen molar-refractivity contribution in [3.8, 4) is 11.5 Å². The SMILES string of the molecule is CC(C)=CCOc1cc2oc(=O)ccc2cc1O.CC(C)c1ccc2c(c1)CCC1C(C)(C(N)=O)CCCC21C.